The Bertz CT molecular complexity index is 1010. The Hall–Kier alpha value is -3.07. The third-order valence-corrected chi connectivity index (χ3v) is 5.37. The average Bonchev–Trinajstić information content (AvgIpc) is 2.78. The number of piperazine rings is 1. The monoisotopic (exact) mass is 416 g/mol. The molecule has 0 aliphatic carbocycles. The van der Waals surface area contributed by atoms with E-state index in [4.69, 9.17) is 9.47 Å². The average molecular weight is 416 g/mol. The summed E-state index contributed by atoms with van der Waals surface area (Å²) < 4.78 is 13.2. The number of esters is 1. The van der Waals surface area contributed by atoms with Gasteiger partial charge in [-0.2, -0.15) is 0 Å². The van der Waals surface area contributed by atoms with Gasteiger partial charge in [-0.25, -0.2) is 9.59 Å². The van der Waals surface area contributed by atoms with E-state index in [1.165, 1.54) is 24.8 Å². The molecule has 3 rings (SSSR count). The van der Waals surface area contributed by atoms with E-state index < -0.39 is 5.97 Å². The number of nitrogens with zero attached hydrogens (tertiary/aromatic N) is 4. The van der Waals surface area contributed by atoms with Crippen LogP contribution in [0.2, 0.25) is 0 Å². The molecule has 0 saturated carbocycles. The fourth-order valence-electron chi connectivity index (χ4n) is 3.57. The van der Waals surface area contributed by atoms with Gasteiger partial charge in [-0.05, 0) is 18.6 Å². The number of hydrogen-bond donors (Lipinski definition) is 0. The van der Waals surface area contributed by atoms with Crippen molar-refractivity contribution < 1.29 is 14.3 Å². The summed E-state index contributed by atoms with van der Waals surface area (Å²) in [7, 11) is 4.52. The van der Waals surface area contributed by atoms with Gasteiger partial charge in [0.05, 0.1) is 13.7 Å². The molecule has 1 saturated heterocycles. The van der Waals surface area contributed by atoms with E-state index in [9.17, 15) is 14.4 Å². The van der Waals surface area contributed by atoms with Crippen molar-refractivity contribution in [3.63, 3.8) is 0 Å². The molecule has 0 amide bonds. The lowest BCUT2D eigenvalue weighted by Crippen LogP contribution is -2.49. The highest BCUT2D eigenvalue weighted by atomic mass is 16.5. The summed E-state index contributed by atoms with van der Waals surface area (Å²) in [5, 5.41) is 0. The number of rotatable bonds is 7. The van der Waals surface area contributed by atoms with Gasteiger partial charge in [0, 0.05) is 52.9 Å². The molecule has 0 spiro atoms. The van der Waals surface area contributed by atoms with Gasteiger partial charge >= 0.3 is 11.7 Å². The van der Waals surface area contributed by atoms with Gasteiger partial charge in [0.1, 0.15) is 17.1 Å². The maximum Gasteiger partial charge on any atom is 0.341 e. The highest BCUT2D eigenvalue weighted by Gasteiger charge is 2.20. The molecule has 1 aliphatic rings. The van der Waals surface area contributed by atoms with Gasteiger partial charge in [-0.1, -0.05) is 12.1 Å². The third-order valence-electron chi connectivity index (χ3n) is 5.37. The summed E-state index contributed by atoms with van der Waals surface area (Å²) in [4.78, 5) is 40.3. The van der Waals surface area contributed by atoms with Gasteiger partial charge < -0.3 is 14.4 Å². The maximum absolute atomic E-state index is 12.1. The molecule has 162 valence electrons. The van der Waals surface area contributed by atoms with Crippen LogP contribution in [0.5, 0.6) is 5.75 Å². The second-order valence-electron chi connectivity index (χ2n) is 7.26. The molecule has 0 unspecified atom stereocenters. The second kappa shape index (κ2) is 9.62. The molecule has 30 heavy (non-hydrogen) atoms. The van der Waals surface area contributed by atoms with Crippen LogP contribution in [-0.2, 0) is 18.8 Å². The lowest BCUT2D eigenvalue weighted by molar-refractivity contribution is 0.0595. The lowest BCUT2D eigenvalue weighted by Gasteiger charge is -2.36. The summed E-state index contributed by atoms with van der Waals surface area (Å²) >= 11 is 0. The molecule has 1 aliphatic heterocycles. The van der Waals surface area contributed by atoms with E-state index in [1.807, 2.05) is 6.07 Å². The number of aromatic nitrogens is 2. The summed E-state index contributed by atoms with van der Waals surface area (Å²) in [5.74, 6) is 0.776. The lowest BCUT2D eigenvalue weighted by atomic mass is 10.2. The van der Waals surface area contributed by atoms with Crippen LogP contribution in [0.25, 0.3) is 0 Å². The number of ether oxygens (including phenoxy) is 2. The van der Waals surface area contributed by atoms with Crippen LogP contribution >= 0.6 is 0 Å². The molecule has 2 heterocycles. The zero-order valence-electron chi connectivity index (χ0n) is 17.7. The number of carbonyl (C=O) groups is 1. The molecule has 2 aromatic rings. The van der Waals surface area contributed by atoms with E-state index in [1.54, 1.807) is 25.2 Å². The minimum atomic E-state index is -0.410. The van der Waals surface area contributed by atoms with Crippen LogP contribution in [0.3, 0.4) is 0 Å². The SMILES string of the molecule is COC(=O)c1ccccc1OCCCN1CCN(c2cc(=O)n(C)c(=O)n2C)CC1. The molecular weight excluding hydrogens is 388 g/mol. The third kappa shape index (κ3) is 4.73. The molecular formula is C21H28N4O5. The maximum atomic E-state index is 12.1. The topological polar surface area (TPSA) is 86.0 Å². The fourth-order valence-corrected chi connectivity index (χ4v) is 3.57. The van der Waals surface area contributed by atoms with E-state index in [2.05, 4.69) is 9.80 Å². The Labute approximate surface area is 175 Å². The molecule has 9 nitrogen and oxygen atoms in total. The van der Waals surface area contributed by atoms with Gasteiger partial charge in [0.15, 0.2) is 0 Å². The Morgan fingerprint density at radius 3 is 2.43 bits per heavy atom. The van der Waals surface area contributed by atoms with Crippen molar-refractivity contribution in [1.82, 2.24) is 14.0 Å². The van der Waals surface area contributed by atoms with E-state index in [-0.39, 0.29) is 11.2 Å². The van der Waals surface area contributed by atoms with Gasteiger partial charge in [0.2, 0.25) is 0 Å². The Morgan fingerprint density at radius 2 is 1.73 bits per heavy atom. The number of benzene rings is 1. The van der Waals surface area contributed by atoms with Crippen LogP contribution in [0, 0.1) is 0 Å². The van der Waals surface area contributed by atoms with Crippen molar-refractivity contribution in [3.8, 4) is 5.75 Å². The van der Waals surface area contributed by atoms with Crippen molar-refractivity contribution in [2.24, 2.45) is 14.1 Å². The van der Waals surface area contributed by atoms with Gasteiger partial charge in [0.25, 0.3) is 5.56 Å². The standard InChI is InChI=1S/C21H28N4O5/c1-22-18(15-19(26)23(2)21(22)28)25-12-10-24(11-13-25)9-6-14-30-17-8-5-4-7-16(17)20(27)29-3/h4-5,7-8,15H,6,9-14H2,1-3H3. The summed E-state index contributed by atoms with van der Waals surface area (Å²) in [6.45, 7) is 4.52. The Kier molecular flexibility index (Phi) is 6.94. The first-order valence-corrected chi connectivity index (χ1v) is 9.97. The van der Waals surface area contributed by atoms with Crippen LogP contribution in [0.1, 0.15) is 16.8 Å². The van der Waals surface area contributed by atoms with Crippen molar-refractivity contribution in [3.05, 3.63) is 56.7 Å². The molecule has 1 aromatic carbocycles. The van der Waals surface area contributed by atoms with Crippen LogP contribution < -0.4 is 20.9 Å². The Morgan fingerprint density at radius 1 is 1.03 bits per heavy atom. The zero-order chi connectivity index (χ0) is 21.7. The minimum Gasteiger partial charge on any atom is -0.493 e. The molecule has 0 bridgehead atoms. The van der Waals surface area contributed by atoms with Crippen molar-refractivity contribution in [1.29, 1.82) is 0 Å². The largest absolute Gasteiger partial charge is 0.493 e. The summed E-state index contributed by atoms with van der Waals surface area (Å²) in [5.41, 5.74) is -0.183. The normalized spacial score (nSPS) is 14.6. The highest BCUT2D eigenvalue weighted by molar-refractivity contribution is 5.92. The number of carbonyl (C=O) groups excluding carboxylic acids is 1. The van der Waals surface area contributed by atoms with Crippen molar-refractivity contribution >= 4 is 11.8 Å². The predicted octanol–water partition coefficient (Wildman–Crippen LogP) is 0.462. The van der Waals surface area contributed by atoms with Crippen LogP contribution in [0.15, 0.2) is 39.9 Å². The van der Waals surface area contributed by atoms with Gasteiger partial charge in [-0.15, -0.1) is 0 Å². The van der Waals surface area contributed by atoms with Crippen molar-refractivity contribution in [2.75, 3.05) is 51.3 Å². The summed E-state index contributed by atoms with van der Waals surface area (Å²) in [6.07, 6.45) is 0.819. The first-order chi connectivity index (χ1) is 14.4. The quantitative estimate of drug-likeness (QED) is 0.479. The van der Waals surface area contributed by atoms with E-state index in [0.29, 0.717) is 23.7 Å². The Balaban J connectivity index is 1.48. The fraction of sp³-hybridized carbons (Fsp3) is 0.476. The van der Waals surface area contributed by atoms with Crippen LogP contribution in [-0.4, -0.2) is 66.4 Å². The molecule has 9 heteroatoms. The van der Waals surface area contributed by atoms with Gasteiger partial charge in [-0.3, -0.25) is 18.8 Å². The van der Waals surface area contributed by atoms with E-state index >= 15 is 0 Å². The number of methoxy groups -OCH3 is 1. The minimum absolute atomic E-state index is 0.292. The highest BCUT2D eigenvalue weighted by Crippen LogP contribution is 2.19. The second-order valence-corrected chi connectivity index (χ2v) is 7.26. The zero-order valence-corrected chi connectivity index (χ0v) is 17.7. The van der Waals surface area contributed by atoms with E-state index in [0.717, 1.165) is 43.7 Å². The first kappa shape index (κ1) is 21.6. The number of anilines is 1. The van der Waals surface area contributed by atoms with Crippen LogP contribution in [0.4, 0.5) is 5.82 Å². The molecule has 1 fully saturated rings. The predicted molar refractivity (Wildman–Crippen MR) is 113 cm³/mol. The molecule has 0 radical (unpaired) electrons. The molecule has 1 aromatic heterocycles. The molecule has 0 N–H and O–H groups in total. The smallest absolute Gasteiger partial charge is 0.341 e. The molecule has 0 atom stereocenters. The van der Waals surface area contributed by atoms with Crippen molar-refractivity contribution in [2.45, 2.75) is 6.42 Å². The number of hydrogen-bond acceptors (Lipinski definition) is 7. The first-order valence-electron chi connectivity index (χ1n) is 9.97. The number of para-hydroxylation sites is 1. The summed E-state index contributed by atoms with van der Waals surface area (Å²) in [6, 6.07) is 8.57.